The van der Waals surface area contributed by atoms with Gasteiger partial charge in [-0.05, 0) is 38.8 Å². The highest BCUT2D eigenvalue weighted by Crippen LogP contribution is 2.18. The highest BCUT2D eigenvalue weighted by Gasteiger charge is 2.29. The van der Waals surface area contributed by atoms with Gasteiger partial charge in [0, 0.05) is 44.1 Å². The zero-order valence-corrected chi connectivity index (χ0v) is 15.2. The molecule has 1 aliphatic carbocycles. The number of aromatic nitrogens is 1. The third-order valence-corrected chi connectivity index (χ3v) is 5.39. The molecule has 6 heteroatoms. The van der Waals surface area contributed by atoms with E-state index >= 15 is 0 Å². The summed E-state index contributed by atoms with van der Waals surface area (Å²) in [5.74, 6) is 0.143. The van der Waals surface area contributed by atoms with Gasteiger partial charge in [0.15, 0.2) is 0 Å². The van der Waals surface area contributed by atoms with Gasteiger partial charge in [-0.1, -0.05) is 12.8 Å². The average molecular weight is 344 g/mol. The number of carbonyl (C=O) groups is 2. The zero-order valence-electron chi connectivity index (χ0n) is 15.2. The van der Waals surface area contributed by atoms with Crippen LogP contribution in [0.2, 0.25) is 0 Å². The van der Waals surface area contributed by atoms with Crippen LogP contribution in [0.25, 0.3) is 0 Å². The van der Waals surface area contributed by atoms with E-state index in [-0.39, 0.29) is 17.9 Å². The molecule has 6 nitrogen and oxygen atoms in total. The van der Waals surface area contributed by atoms with Gasteiger partial charge in [-0.2, -0.15) is 0 Å². The molecule has 0 bridgehead atoms. The summed E-state index contributed by atoms with van der Waals surface area (Å²) >= 11 is 0. The third kappa shape index (κ3) is 4.37. The van der Waals surface area contributed by atoms with Gasteiger partial charge in [0.2, 0.25) is 5.91 Å². The Morgan fingerprint density at radius 1 is 1.16 bits per heavy atom. The van der Waals surface area contributed by atoms with Gasteiger partial charge >= 0.3 is 0 Å². The Morgan fingerprint density at radius 3 is 2.44 bits per heavy atom. The number of hydrogen-bond donors (Lipinski definition) is 1. The Bertz CT molecular complexity index is 602. The lowest BCUT2D eigenvalue weighted by atomic mass is 10.1. The van der Waals surface area contributed by atoms with Gasteiger partial charge in [-0.3, -0.25) is 19.5 Å². The van der Waals surface area contributed by atoms with Crippen LogP contribution in [0.5, 0.6) is 0 Å². The second-order valence-electron chi connectivity index (χ2n) is 7.18. The van der Waals surface area contributed by atoms with E-state index in [1.54, 1.807) is 6.20 Å². The molecule has 1 aliphatic heterocycles. The second kappa shape index (κ2) is 7.95. The summed E-state index contributed by atoms with van der Waals surface area (Å²) in [5.41, 5.74) is 1.54. The lowest BCUT2D eigenvalue weighted by Crippen LogP contribution is -2.55. The normalized spacial score (nSPS) is 20.5. The summed E-state index contributed by atoms with van der Waals surface area (Å²) in [6.07, 6.45) is 6.28. The highest BCUT2D eigenvalue weighted by molar-refractivity contribution is 5.94. The van der Waals surface area contributed by atoms with E-state index in [4.69, 9.17) is 0 Å². The van der Waals surface area contributed by atoms with Crippen LogP contribution < -0.4 is 5.32 Å². The molecule has 1 atom stereocenters. The molecule has 3 rings (SSSR count). The number of aryl methyl sites for hydroxylation is 1. The van der Waals surface area contributed by atoms with E-state index in [2.05, 4.69) is 15.2 Å². The summed E-state index contributed by atoms with van der Waals surface area (Å²) in [6.45, 7) is 6.62. The van der Waals surface area contributed by atoms with Gasteiger partial charge in [-0.15, -0.1) is 0 Å². The Kier molecular flexibility index (Phi) is 5.68. The first-order valence-corrected chi connectivity index (χ1v) is 9.31. The largest absolute Gasteiger partial charge is 0.352 e. The van der Waals surface area contributed by atoms with Crippen molar-refractivity contribution in [1.82, 2.24) is 20.1 Å². The maximum atomic E-state index is 12.5. The molecule has 2 fully saturated rings. The molecule has 1 aromatic heterocycles. The molecule has 2 heterocycles. The Morgan fingerprint density at radius 2 is 1.84 bits per heavy atom. The average Bonchev–Trinajstić information content (AvgIpc) is 3.14. The van der Waals surface area contributed by atoms with Gasteiger partial charge in [-0.25, -0.2) is 0 Å². The molecule has 1 saturated carbocycles. The van der Waals surface area contributed by atoms with E-state index in [9.17, 15) is 9.59 Å². The van der Waals surface area contributed by atoms with Crippen LogP contribution in [0.1, 0.15) is 48.7 Å². The van der Waals surface area contributed by atoms with E-state index in [0.29, 0.717) is 24.7 Å². The van der Waals surface area contributed by atoms with Gasteiger partial charge in [0.05, 0.1) is 11.6 Å². The SMILES string of the molecule is Cc1ccc(C(=O)N2CCN(C(C)C(=O)NC3CCCC3)CC2)cn1. The number of nitrogens with one attached hydrogen (secondary N) is 1. The molecule has 2 amide bonds. The van der Waals surface area contributed by atoms with Crippen molar-refractivity contribution in [1.29, 1.82) is 0 Å². The molecular weight excluding hydrogens is 316 g/mol. The molecule has 1 unspecified atom stereocenters. The lowest BCUT2D eigenvalue weighted by molar-refractivity contribution is -0.127. The van der Waals surface area contributed by atoms with Crippen LogP contribution in [0.4, 0.5) is 0 Å². The van der Waals surface area contributed by atoms with Crippen LogP contribution in [0.3, 0.4) is 0 Å². The number of pyridine rings is 1. The zero-order chi connectivity index (χ0) is 17.8. The van der Waals surface area contributed by atoms with Crippen molar-refractivity contribution in [2.24, 2.45) is 0 Å². The fourth-order valence-corrected chi connectivity index (χ4v) is 3.65. The number of rotatable bonds is 4. The van der Waals surface area contributed by atoms with Crippen LogP contribution >= 0.6 is 0 Å². The third-order valence-electron chi connectivity index (χ3n) is 5.39. The van der Waals surface area contributed by atoms with E-state index in [1.807, 2.05) is 30.9 Å². The Balaban J connectivity index is 1.49. The maximum absolute atomic E-state index is 12.5. The van der Waals surface area contributed by atoms with Gasteiger partial charge in [0.25, 0.3) is 5.91 Å². The molecule has 1 N–H and O–H groups in total. The van der Waals surface area contributed by atoms with Gasteiger partial charge in [0.1, 0.15) is 0 Å². The van der Waals surface area contributed by atoms with Crippen molar-refractivity contribution in [3.05, 3.63) is 29.6 Å². The van der Waals surface area contributed by atoms with Crippen LogP contribution in [0, 0.1) is 6.92 Å². The summed E-state index contributed by atoms with van der Waals surface area (Å²) in [7, 11) is 0. The number of hydrogen-bond acceptors (Lipinski definition) is 4. The summed E-state index contributed by atoms with van der Waals surface area (Å²) in [5, 5.41) is 3.17. The fourth-order valence-electron chi connectivity index (χ4n) is 3.65. The van der Waals surface area contributed by atoms with Crippen molar-refractivity contribution in [3.63, 3.8) is 0 Å². The quantitative estimate of drug-likeness (QED) is 0.901. The summed E-state index contributed by atoms with van der Waals surface area (Å²) < 4.78 is 0. The molecule has 25 heavy (non-hydrogen) atoms. The minimum atomic E-state index is -0.140. The second-order valence-corrected chi connectivity index (χ2v) is 7.18. The molecule has 136 valence electrons. The standard InChI is InChI=1S/C19H28N4O2/c1-14-7-8-16(13-20-14)19(25)23-11-9-22(10-12-23)15(2)18(24)21-17-5-3-4-6-17/h7-8,13,15,17H,3-6,9-12H2,1-2H3,(H,21,24). The highest BCUT2D eigenvalue weighted by atomic mass is 16.2. The number of carbonyl (C=O) groups excluding carboxylic acids is 2. The predicted octanol–water partition coefficient (Wildman–Crippen LogP) is 1.60. The van der Waals surface area contributed by atoms with Gasteiger partial charge < -0.3 is 10.2 Å². The Hall–Kier alpha value is -1.95. The van der Waals surface area contributed by atoms with E-state index in [1.165, 1.54) is 12.8 Å². The summed E-state index contributed by atoms with van der Waals surface area (Å²) in [6, 6.07) is 3.90. The number of nitrogens with zero attached hydrogens (tertiary/aromatic N) is 3. The minimum absolute atomic E-state index is 0.0233. The molecule has 1 saturated heterocycles. The molecular formula is C19H28N4O2. The minimum Gasteiger partial charge on any atom is -0.352 e. The topological polar surface area (TPSA) is 65.5 Å². The van der Waals surface area contributed by atoms with E-state index in [0.717, 1.165) is 31.6 Å². The monoisotopic (exact) mass is 344 g/mol. The van der Waals surface area contributed by atoms with Crippen molar-refractivity contribution in [3.8, 4) is 0 Å². The van der Waals surface area contributed by atoms with Crippen molar-refractivity contribution >= 4 is 11.8 Å². The van der Waals surface area contributed by atoms with Crippen molar-refractivity contribution in [2.45, 2.75) is 51.6 Å². The molecule has 0 spiro atoms. The lowest BCUT2D eigenvalue weighted by Gasteiger charge is -2.37. The smallest absolute Gasteiger partial charge is 0.255 e. The molecule has 0 radical (unpaired) electrons. The van der Waals surface area contributed by atoms with Crippen molar-refractivity contribution in [2.75, 3.05) is 26.2 Å². The maximum Gasteiger partial charge on any atom is 0.255 e. The predicted molar refractivity (Wildman–Crippen MR) is 96.3 cm³/mol. The first-order valence-electron chi connectivity index (χ1n) is 9.31. The fraction of sp³-hybridized carbons (Fsp3) is 0.632. The Labute approximate surface area is 149 Å². The van der Waals surface area contributed by atoms with Crippen LogP contribution in [-0.2, 0) is 4.79 Å². The van der Waals surface area contributed by atoms with Crippen molar-refractivity contribution < 1.29 is 9.59 Å². The van der Waals surface area contributed by atoms with Crippen LogP contribution in [-0.4, -0.2) is 64.9 Å². The number of piperazine rings is 1. The molecule has 1 aromatic rings. The number of amides is 2. The summed E-state index contributed by atoms with van der Waals surface area (Å²) in [4.78, 5) is 33.2. The molecule has 0 aromatic carbocycles. The van der Waals surface area contributed by atoms with E-state index < -0.39 is 0 Å². The molecule has 2 aliphatic rings. The first-order chi connectivity index (χ1) is 12.0. The first kappa shape index (κ1) is 17.9. The van der Waals surface area contributed by atoms with Crippen LogP contribution in [0.15, 0.2) is 18.3 Å².